The Balaban J connectivity index is 1.61. The van der Waals surface area contributed by atoms with Crippen LogP contribution in [0, 0.1) is 0 Å². The summed E-state index contributed by atoms with van der Waals surface area (Å²) in [4.78, 5) is 14.8. The molecule has 5 heteroatoms. The number of methoxy groups -OCH3 is 1. The van der Waals surface area contributed by atoms with Gasteiger partial charge in [-0.15, -0.1) is 0 Å². The van der Waals surface area contributed by atoms with Crippen molar-refractivity contribution >= 4 is 5.91 Å². The molecule has 1 amide bonds. The molecule has 0 aromatic heterocycles. The van der Waals surface area contributed by atoms with E-state index in [2.05, 4.69) is 27.7 Å². The van der Waals surface area contributed by atoms with Gasteiger partial charge >= 0.3 is 0 Å². The van der Waals surface area contributed by atoms with Gasteiger partial charge < -0.3 is 15.4 Å². The predicted molar refractivity (Wildman–Crippen MR) is 99.8 cm³/mol. The number of piperidine rings is 1. The molecule has 2 atom stereocenters. The highest BCUT2D eigenvalue weighted by Gasteiger charge is 2.24. The van der Waals surface area contributed by atoms with Crippen molar-refractivity contribution in [3.8, 4) is 5.75 Å². The van der Waals surface area contributed by atoms with Gasteiger partial charge in [0.15, 0.2) is 0 Å². The first-order valence-electron chi connectivity index (χ1n) is 9.64. The standard InChI is InChI=1S/C20H31N3O2/c1-25-18-9-7-16(8-10-18)19(23-12-3-2-4-13-23)15-22-20(24)14-17-6-5-11-21-17/h7-10,17,19,21H,2-6,11-15H2,1H3,(H,22,24). The van der Waals surface area contributed by atoms with Crippen LogP contribution in [-0.4, -0.2) is 50.1 Å². The van der Waals surface area contributed by atoms with Crippen molar-refractivity contribution in [3.05, 3.63) is 29.8 Å². The van der Waals surface area contributed by atoms with Gasteiger partial charge in [-0.05, 0) is 63.0 Å². The van der Waals surface area contributed by atoms with E-state index in [-0.39, 0.29) is 11.9 Å². The molecule has 2 heterocycles. The molecular weight excluding hydrogens is 314 g/mol. The molecule has 138 valence electrons. The molecule has 0 bridgehead atoms. The highest BCUT2D eigenvalue weighted by atomic mass is 16.5. The summed E-state index contributed by atoms with van der Waals surface area (Å²) < 4.78 is 5.28. The number of ether oxygens (including phenoxy) is 1. The lowest BCUT2D eigenvalue weighted by atomic mass is 10.0. The monoisotopic (exact) mass is 345 g/mol. The second-order valence-electron chi connectivity index (χ2n) is 7.19. The Morgan fingerprint density at radius 3 is 2.64 bits per heavy atom. The van der Waals surface area contributed by atoms with Crippen LogP contribution in [0.1, 0.15) is 50.1 Å². The number of hydrogen-bond acceptors (Lipinski definition) is 4. The van der Waals surface area contributed by atoms with Crippen LogP contribution in [0.3, 0.4) is 0 Å². The summed E-state index contributed by atoms with van der Waals surface area (Å²) in [6.07, 6.45) is 6.68. The van der Waals surface area contributed by atoms with Gasteiger partial charge in [-0.25, -0.2) is 0 Å². The molecule has 0 saturated carbocycles. The fourth-order valence-corrected chi connectivity index (χ4v) is 3.95. The van der Waals surface area contributed by atoms with Gasteiger partial charge in [0.1, 0.15) is 5.75 Å². The number of rotatable bonds is 7. The van der Waals surface area contributed by atoms with E-state index in [1.807, 2.05) is 12.1 Å². The number of likely N-dealkylation sites (tertiary alicyclic amines) is 1. The van der Waals surface area contributed by atoms with Crippen LogP contribution in [-0.2, 0) is 4.79 Å². The summed E-state index contributed by atoms with van der Waals surface area (Å²) in [6, 6.07) is 8.87. The molecule has 0 spiro atoms. The van der Waals surface area contributed by atoms with Crippen LogP contribution in [0.25, 0.3) is 0 Å². The molecule has 0 radical (unpaired) electrons. The molecule has 25 heavy (non-hydrogen) atoms. The van der Waals surface area contributed by atoms with Gasteiger partial charge in [0, 0.05) is 19.0 Å². The summed E-state index contributed by atoms with van der Waals surface area (Å²) >= 11 is 0. The summed E-state index contributed by atoms with van der Waals surface area (Å²) in [5.74, 6) is 1.03. The molecule has 3 rings (SSSR count). The minimum Gasteiger partial charge on any atom is -0.497 e. The largest absolute Gasteiger partial charge is 0.497 e. The third-order valence-electron chi connectivity index (χ3n) is 5.42. The van der Waals surface area contributed by atoms with Gasteiger partial charge in [-0.3, -0.25) is 9.69 Å². The zero-order valence-corrected chi connectivity index (χ0v) is 15.3. The minimum atomic E-state index is 0.162. The Bertz CT molecular complexity index is 534. The number of hydrogen-bond donors (Lipinski definition) is 2. The average Bonchev–Trinajstić information content (AvgIpc) is 3.16. The highest BCUT2D eigenvalue weighted by molar-refractivity contribution is 5.76. The first kappa shape index (κ1) is 18.2. The predicted octanol–water partition coefficient (Wildman–Crippen LogP) is 2.48. The van der Waals surface area contributed by atoms with Crippen LogP contribution >= 0.6 is 0 Å². The minimum absolute atomic E-state index is 0.162. The van der Waals surface area contributed by atoms with Gasteiger partial charge in [0.05, 0.1) is 13.2 Å². The lowest BCUT2D eigenvalue weighted by Gasteiger charge is -2.35. The third kappa shape index (κ3) is 5.19. The van der Waals surface area contributed by atoms with Crippen molar-refractivity contribution in [1.82, 2.24) is 15.5 Å². The van der Waals surface area contributed by atoms with Crippen LogP contribution in [0.5, 0.6) is 5.75 Å². The van der Waals surface area contributed by atoms with Crippen LogP contribution in [0.4, 0.5) is 0 Å². The molecule has 1 aromatic carbocycles. The molecule has 2 saturated heterocycles. The summed E-state index contributed by atoms with van der Waals surface area (Å²) in [5.41, 5.74) is 1.25. The van der Waals surface area contributed by atoms with E-state index in [0.29, 0.717) is 19.0 Å². The number of carbonyl (C=O) groups is 1. The Labute approximate surface area is 151 Å². The molecule has 0 aliphatic carbocycles. The smallest absolute Gasteiger partial charge is 0.221 e. The van der Waals surface area contributed by atoms with E-state index in [1.165, 1.54) is 31.2 Å². The topological polar surface area (TPSA) is 53.6 Å². The zero-order chi connectivity index (χ0) is 17.5. The normalized spacial score (nSPS) is 22.5. The van der Waals surface area contributed by atoms with Crippen LogP contribution in [0.2, 0.25) is 0 Å². The Morgan fingerprint density at radius 1 is 1.24 bits per heavy atom. The van der Waals surface area contributed by atoms with Crippen molar-refractivity contribution in [3.63, 3.8) is 0 Å². The highest BCUT2D eigenvalue weighted by Crippen LogP contribution is 2.26. The molecule has 1 aromatic rings. The van der Waals surface area contributed by atoms with Gasteiger partial charge in [-0.1, -0.05) is 18.6 Å². The van der Waals surface area contributed by atoms with Gasteiger partial charge in [-0.2, -0.15) is 0 Å². The lowest BCUT2D eigenvalue weighted by Crippen LogP contribution is -2.41. The number of benzene rings is 1. The maximum Gasteiger partial charge on any atom is 0.221 e. The molecular formula is C20H31N3O2. The van der Waals surface area contributed by atoms with Crippen LogP contribution < -0.4 is 15.4 Å². The number of nitrogens with zero attached hydrogens (tertiary/aromatic N) is 1. The summed E-state index contributed by atoms with van der Waals surface area (Å²) in [6.45, 7) is 3.94. The summed E-state index contributed by atoms with van der Waals surface area (Å²) in [7, 11) is 1.69. The molecule has 2 fully saturated rings. The van der Waals surface area contributed by atoms with Gasteiger partial charge in [0.2, 0.25) is 5.91 Å². The van der Waals surface area contributed by atoms with Gasteiger partial charge in [0.25, 0.3) is 0 Å². The Hall–Kier alpha value is -1.59. The quantitative estimate of drug-likeness (QED) is 0.797. The molecule has 2 aliphatic heterocycles. The van der Waals surface area contributed by atoms with Crippen molar-refractivity contribution < 1.29 is 9.53 Å². The average molecular weight is 345 g/mol. The fourth-order valence-electron chi connectivity index (χ4n) is 3.95. The van der Waals surface area contributed by atoms with Crippen LogP contribution in [0.15, 0.2) is 24.3 Å². The molecule has 2 unspecified atom stereocenters. The van der Waals surface area contributed by atoms with E-state index in [1.54, 1.807) is 7.11 Å². The van der Waals surface area contributed by atoms with E-state index < -0.39 is 0 Å². The van der Waals surface area contributed by atoms with E-state index in [4.69, 9.17) is 4.74 Å². The third-order valence-corrected chi connectivity index (χ3v) is 5.42. The van der Waals surface area contributed by atoms with Crippen molar-refractivity contribution in [2.75, 3.05) is 33.3 Å². The first-order valence-corrected chi connectivity index (χ1v) is 9.64. The van der Waals surface area contributed by atoms with E-state index in [9.17, 15) is 4.79 Å². The SMILES string of the molecule is COc1ccc(C(CNC(=O)CC2CCCN2)N2CCCCC2)cc1. The second kappa shape index (κ2) is 9.20. The lowest BCUT2D eigenvalue weighted by molar-refractivity contribution is -0.121. The maximum absolute atomic E-state index is 12.3. The number of amides is 1. The summed E-state index contributed by atoms with van der Waals surface area (Å²) in [5, 5.41) is 6.58. The first-order chi connectivity index (χ1) is 12.3. The van der Waals surface area contributed by atoms with E-state index in [0.717, 1.165) is 31.8 Å². The molecule has 2 aliphatic rings. The Morgan fingerprint density at radius 2 is 2.00 bits per heavy atom. The molecule has 2 N–H and O–H groups in total. The van der Waals surface area contributed by atoms with Crippen molar-refractivity contribution in [1.29, 1.82) is 0 Å². The van der Waals surface area contributed by atoms with Crippen molar-refractivity contribution in [2.24, 2.45) is 0 Å². The zero-order valence-electron chi connectivity index (χ0n) is 15.3. The second-order valence-corrected chi connectivity index (χ2v) is 7.19. The number of carbonyl (C=O) groups excluding carboxylic acids is 1. The molecule has 5 nitrogen and oxygen atoms in total. The fraction of sp³-hybridized carbons (Fsp3) is 0.650. The maximum atomic E-state index is 12.3. The Kier molecular flexibility index (Phi) is 6.70. The van der Waals surface area contributed by atoms with Crippen molar-refractivity contribution in [2.45, 2.75) is 50.6 Å². The van der Waals surface area contributed by atoms with E-state index >= 15 is 0 Å². The number of nitrogens with one attached hydrogen (secondary N) is 2.